The first-order valence-corrected chi connectivity index (χ1v) is 8.82. The number of hydrogen-bond donors (Lipinski definition) is 1. The van der Waals surface area contributed by atoms with Crippen LogP contribution in [0.15, 0.2) is 17.5 Å². The maximum atomic E-state index is 12.3. The topological polar surface area (TPSA) is 50.8 Å². The van der Waals surface area contributed by atoms with Crippen LogP contribution in [0.3, 0.4) is 0 Å². The predicted molar refractivity (Wildman–Crippen MR) is 86.1 cm³/mol. The van der Waals surface area contributed by atoms with Gasteiger partial charge < -0.3 is 14.8 Å². The van der Waals surface area contributed by atoms with Crippen LogP contribution in [0.2, 0.25) is 0 Å². The van der Waals surface area contributed by atoms with Gasteiger partial charge in [0.05, 0.1) is 24.8 Å². The fourth-order valence-electron chi connectivity index (χ4n) is 3.20. The molecule has 1 amide bonds. The van der Waals surface area contributed by atoms with Gasteiger partial charge in [0.15, 0.2) is 0 Å². The molecule has 1 unspecified atom stereocenters. The number of rotatable bonds is 4. The van der Waals surface area contributed by atoms with Gasteiger partial charge in [-0.05, 0) is 18.4 Å². The summed E-state index contributed by atoms with van der Waals surface area (Å²) in [5.74, 6) is 0.0880. The first-order chi connectivity index (χ1) is 10.7. The van der Waals surface area contributed by atoms with E-state index in [1.807, 2.05) is 18.4 Å². The molecule has 0 aliphatic carbocycles. The lowest BCUT2D eigenvalue weighted by molar-refractivity contribution is -0.156. The van der Waals surface area contributed by atoms with E-state index in [0.717, 1.165) is 39.1 Å². The van der Waals surface area contributed by atoms with Gasteiger partial charge in [0.1, 0.15) is 0 Å². The van der Waals surface area contributed by atoms with E-state index in [9.17, 15) is 4.79 Å². The lowest BCUT2D eigenvalue weighted by Gasteiger charge is -2.44. The fourth-order valence-corrected chi connectivity index (χ4v) is 3.94. The van der Waals surface area contributed by atoms with E-state index in [0.29, 0.717) is 13.2 Å². The van der Waals surface area contributed by atoms with Crippen LogP contribution in [-0.4, -0.2) is 55.9 Å². The summed E-state index contributed by atoms with van der Waals surface area (Å²) in [4.78, 5) is 15.7. The highest BCUT2D eigenvalue weighted by atomic mass is 32.1. The molecule has 3 rings (SSSR count). The number of hydrogen-bond acceptors (Lipinski definition) is 5. The van der Waals surface area contributed by atoms with Gasteiger partial charge in [-0.25, -0.2) is 0 Å². The second kappa shape index (κ2) is 7.08. The summed E-state index contributed by atoms with van der Waals surface area (Å²) in [5, 5.41) is 5.12. The molecule has 5 nitrogen and oxygen atoms in total. The van der Waals surface area contributed by atoms with Crippen LogP contribution in [0, 0.1) is 0 Å². The molecule has 0 saturated carbocycles. The Morgan fingerprint density at radius 3 is 3.00 bits per heavy atom. The van der Waals surface area contributed by atoms with Crippen molar-refractivity contribution < 1.29 is 14.3 Å². The first kappa shape index (κ1) is 15.9. The molecule has 1 N–H and O–H groups in total. The van der Waals surface area contributed by atoms with Gasteiger partial charge in [-0.3, -0.25) is 9.69 Å². The minimum absolute atomic E-state index is 0.0746. The van der Waals surface area contributed by atoms with Gasteiger partial charge in [0, 0.05) is 44.0 Å². The summed E-state index contributed by atoms with van der Waals surface area (Å²) in [7, 11) is 0. The van der Waals surface area contributed by atoms with Crippen molar-refractivity contribution >= 4 is 17.2 Å². The van der Waals surface area contributed by atoms with Gasteiger partial charge in [0.2, 0.25) is 5.91 Å². The summed E-state index contributed by atoms with van der Waals surface area (Å²) >= 11 is 1.67. The smallest absolute Gasteiger partial charge is 0.234 e. The maximum Gasteiger partial charge on any atom is 0.234 e. The largest absolute Gasteiger partial charge is 0.381 e. The Hall–Kier alpha value is -0.950. The minimum Gasteiger partial charge on any atom is -0.381 e. The molecule has 0 aromatic carbocycles. The molecule has 0 bridgehead atoms. The van der Waals surface area contributed by atoms with E-state index >= 15 is 0 Å². The summed E-state index contributed by atoms with van der Waals surface area (Å²) < 4.78 is 11.4. The van der Waals surface area contributed by atoms with Crippen LogP contribution in [0.4, 0.5) is 0 Å². The Morgan fingerprint density at radius 2 is 2.27 bits per heavy atom. The third-order valence-corrected chi connectivity index (χ3v) is 5.50. The fraction of sp³-hybridized carbons (Fsp3) is 0.688. The third-order valence-electron chi connectivity index (χ3n) is 4.45. The second-order valence-corrected chi connectivity index (χ2v) is 7.14. The quantitative estimate of drug-likeness (QED) is 0.918. The maximum absolute atomic E-state index is 12.3. The predicted octanol–water partition coefficient (Wildman–Crippen LogP) is 1.81. The Morgan fingerprint density at radius 1 is 1.45 bits per heavy atom. The van der Waals surface area contributed by atoms with Gasteiger partial charge in [-0.2, -0.15) is 0 Å². The zero-order chi connectivity index (χ0) is 15.4. The van der Waals surface area contributed by atoms with Crippen LogP contribution in [-0.2, 0) is 14.3 Å². The van der Waals surface area contributed by atoms with Gasteiger partial charge in [-0.1, -0.05) is 6.07 Å². The molecule has 3 heterocycles. The van der Waals surface area contributed by atoms with E-state index < -0.39 is 0 Å². The average Bonchev–Trinajstić information content (AvgIpc) is 3.02. The lowest BCUT2D eigenvalue weighted by atomic mass is 9.92. The third kappa shape index (κ3) is 3.87. The Kier molecular flexibility index (Phi) is 5.13. The van der Waals surface area contributed by atoms with Crippen LogP contribution in [0.25, 0.3) is 0 Å². The van der Waals surface area contributed by atoms with Crippen molar-refractivity contribution in [3.63, 3.8) is 0 Å². The number of ether oxygens (including phenoxy) is 2. The molecule has 22 heavy (non-hydrogen) atoms. The molecule has 2 fully saturated rings. The number of carbonyl (C=O) groups excluding carboxylic acids is 1. The number of amides is 1. The number of nitrogens with one attached hydrogen (secondary N) is 1. The number of nitrogens with zero attached hydrogens (tertiary/aromatic N) is 1. The number of thiophene rings is 1. The molecule has 122 valence electrons. The number of carbonyl (C=O) groups is 1. The van der Waals surface area contributed by atoms with Crippen LogP contribution in [0.1, 0.15) is 30.7 Å². The lowest BCUT2D eigenvalue weighted by Crippen LogP contribution is -2.56. The monoisotopic (exact) mass is 324 g/mol. The molecule has 2 aliphatic heterocycles. The molecule has 1 aromatic heterocycles. The highest BCUT2D eigenvalue weighted by Crippen LogP contribution is 2.29. The van der Waals surface area contributed by atoms with Crippen molar-refractivity contribution in [1.29, 1.82) is 0 Å². The van der Waals surface area contributed by atoms with E-state index in [1.54, 1.807) is 11.3 Å². The molecular weight excluding hydrogens is 300 g/mol. The van der Waals surface area contributed by atoms with Crippen molar-refractivity contribution in [2.45, 2.75) is 31.4 Å². The van der Waals surface area contributed by atoms with Crippen molar-refractivity contribution in [1.82, 2.24) is 10.2 Å². The molecule has 0 radical (unpaired) electrons. The second-order valence-electron chi connectivity index (χ2n) is 6.16. The average molecular weight is 324 g/mol. The molecule has 1 aromatic rings. The summed E-state index contributed by atoms with van der Waals surface area (Å²) in [6.45, 7) is 6.35. The highest BCUT2D eigenvalue weighted by molar-refractivity contribution is 7.10. The zero-order valence-corrected chi connectivity index (χ0v) is 13.9. The summed E-state index contributed by atoms with van der Waals surface area (Å²) in [5.41, 5.74) is -0.101. The minimum atomic E-state index is -0.101. The van der Waals surface area contributed by atoms with E-state index in [2.05, 4.69) is 16.3 Å². The standard InChI is InChI=1S/C16H24N2O3S/c1-13(14-3-2-10-22-14)17-15(19)11-18-6-9-21-16(12-18)4-7-20-8-5-16/h2-3,10,13H,4-9,11-12H2,1H3,(H,17,19). The summed E-state index contributed by atoms with van der Waals surface area (Å²) in [6.07, 6.45) is 1.85. The Labute approximate surface area is 135 Å². The normalized spacial score (nSPS) is 23.3. The van der Waals surface area contributed by atoms with Crippen molar-refractivity contribution in [3.8, 4) is 0 Å². The van der Waals surface area contributed by atoms with Crippen LogP contribution >= 0.6 is 11.3 Å². The van der Waals surface area contributed by atoms with Gasteiger partial charge in [0.25, 0.3) is 0 Å². The molecule has 2 aliphatic rings. The highest BCUT2D eigenvalue weighted by Gasteiger charge is 2.38. The Bertz CT molecular complexity index is 480. The molecular formula is C16H24N2O3S. The van der Waals surface area contributed by atoms with E-state index in [1.165, 1.54) is 4.88 Å². The molecule has 2 saturated heterocycles. The van der Waals surface area contributed by atoms with Crippen molar-refractivity contribution in [3.05, 3.63) is 22.4 Å². The Balaban J connectivity index is 1.50. The van der Waals surface area contributed by atoms with Crippen molar-refractivity contribution in [2.24, 2.45) is 0 Å². The van der Waals surface area contributed by atoms with Crippen LogP contribution < -0.4 is 5.32 Å². The van der Waals surface area contributed by atoms with Crippen LogP contribution in [0.5, 0.6) is 0 Å². The van der Waals surface area contributed by atoms with Gasteiger partial charge in [-0.15, -0.1) is 11.3 Å². The molecule has 1 atom stereocenters. The molecule has 6 heteroatoms. The SMILES string of the molecule is CC(NC(=O)CN1CCOC2(CCOCC2)C1)c1cccs1. The van der Waals surface area contributed by atoms with E-state index in [-0.39, 0.29) is 17.6 Å². The molecule has 1 spiro atoms. The zero-order valence-electron chi connectivity index (χ0n) is 13.0. The van der Waals surface area contributed by atoms with Crippen molar-refractivity contribution in [2.75, 3.05) is 39.5 Å². The van der Waals surface area contributed by atoms with E-state index in [4.69, 9.17) is 9.47 Å². The first-order valence-electron chi connectivity index (χ1n) is 7.94. The summed E-state index contributed by atoms with van der Waals surface area (Å²) in [6, 6.07) is 4.14. The van der Waals surface area contributed by atoms with Gasteiger partial charge >= 0.3 is 0 Å². The number of morpholine rings is 1.